The van der Waals surface area contributed by atoms with Crippen LogP contribution in [0.15, 0.2) is 97.1 Å². The fourth-order valence-electron chi connectivity index (χ4n) is 7.37. The van der Waals surface area contributed by atoms with Crippen molar-refractivity contribution in [3.63, 3.8) is 0 Å². The third-order valence-corrected chi connectivity index (χ3v) is 9.27. The number of hydrogen-bond acceptors (Lipinski definition) is 0. The Balaban J connectivity index is 0.000000360. The van der Waals surface area contributed by atoms with Gasteiger partial charge in [0.15, 0.2) is 0 Å². The molecule has 0 N–H and O–H groups in total. The standard InChI is InChI=1S/4C12H13.2C2H6Si.2ClH.2Zr/c4*1-8-4-10(3)12-7-9(2)6-11(12)5-8;2*1-3-2;;;;/h4*4-7H,1-3H3;2*1-2H3;2*1H;;/q4*-1;;;;;2*+2/p-2. The van der Waals surface area contributed by atoms with Gasteiger partial charge in [-0.05, 0) is 55.4 Å². The monoisotopic (exact) mass is 994 g/mol. The molecule has 8 rings (SSSR count). The molecule has 0 aromatic heterocycles. The van der Waals surface area contributed by atoms with Gasteiger partial charge in [-0.3, -0.25) is 0 Å². The topological polar surface area (TPSA) is 0 Å². The van der Waals surface area contributed by atoms with Crippen LogP contribution in [0.4, 0.5) is 0 Å². The van der Waals surface area contributed by atoms with Crippen molar-refractivity contribution in [1.29, 1.82) is 0 Å². The summed E-state index contributed by atoms with van der Waals surface area (Å²) in [6, 6.07) is 35.9. The molecular weight excluding hydrogens is 934 g/mol. The molecule has 0 atom stereocenters. The Morgan fingerprint density at radius 3 is 0.621 bits per heavy atom. The van der Waals surface area contributed by atoms with Gasteiger partial charge in [0.2, 0.25) is 0 Å². The molecule has 0 spiro atoms. The van der Waals surface area contributed by atoms with Crippen LogP contribution in [0, 0.1) is 83.1 Å². The average molecular weight is 999 g/mol. The van der Waals surface area contributed by atoms with Crippen LogP contribution in [-0.2, 0) is 46.7 Å². The van der Waals surface area contributed by atoms with E-state index < -0.39 is 0 Å². The third-order valence-electron chi connectivity index (χ3n) is 9.27. The van der Waals surface area contributed by atoms with E-state index in [1.807, 2.05) is 0 Å². The summed E-state index contributed by atoms with van der Waals surface area (Å²) in [4.78, 5) is 0. The number of hydrogen-bond donors (Lipinski definition) is 0. The summed E-state index contributed by atoms with van der Waals surface area (Å²) in [5.41, 5.74) is 16.8. The van der Waals surface area contributed by atoms with Gasteiger partial charge in [-0.25, -0.2) is 0 Å². The SMILES string of the molecule is C[Si](C)=[Zr+2].C[Si](C)=[Zr+2].Cc1cc(C)c2cc(C)[cH-]c2c1.Cc1cc(C)c2cc(C)[cH-]c2c1.Cc1cc(C)c2cc(C)[cH-]c2c1.Cc1cc(C)c2cc(C)[cH-]c2c1.[Cl-].[Cl-]. The van der Waals surface area contributed by atoms with Crippen LogP contribution in [0.3, 0.4) is 0 Å². The summed E-state index contributed by atoms with van der Waals surface area (Å²) >= 11 is 3.48. The molecule has 8 aromatic rings. The Hall–Kier alpha value is -1.90. The Kier molecular flexibility index (Phi) is 23.5. The first kappa shape index (κ1) is 54.1. The van der Waals surface area contributed by atoms with Crippen LogP contribution in [-0.4, -0.2) is 10.9 Å². The minimum atomic E-state index is 0. The van der Waals surface area contributed by atoms with Gasteiger partial charge in [0.25, 0.3) is 0 Å². The second kappa shape index (κ2) is 25.1. The smallest absolute Gasteiger partial charge is 0.0486 e. The largest absolute Gasteiger partial charge is 1.00 e. The van der Waals surface area contributed by atoms with Crippen molar-refractivity contribution in [3.8, 4) is 0 Å². The molecule has 8 aromatic carbocycles. The van der Waals surface area contributed by atoms with Crippen molar-refractivity contribution >= 4 is 54.0 Å². The number of aryl methyl sites for hydroxylation is 12. The van der Waals surface area contributed by atoms with Gasteiger partial charge < -0.3 is 24.8 Å². The van der Waals surface area contributed by atoms with Crippen molar-refractivity contribution in [2.24, 2.45) is 0 Å². The maximum absolute atomic E-state index is 2.31. The summed E-state index contributed by atoms with van der Waals surface area (Å²) in [7, 11) is 0. The molecule has 0 aliphatic heterocycles. The number of benzene rings is 4. The van der Waals surface area contributed by atoms with E-state index >= 15 is 0 Å². The minimum absolute atomic E-state index is 0. The van der Waals surface area contributed by atoms with Crippen LogP contribution in [0.2, 0.25) is 26.2 Å². The molecule has 6 heteroatoms. The number of rotatable bonds is 0. The van der Waals surface area contributed by atoms with Crippen molar-refractivity contribution in [2.45, 2.75) is 109 Å². The van der Waals surface area contributed by atoms with Gasteiger partial charge in [0.05, 0.1) is 0 Å². The second-order valence-electron chi connectivity index (χ2n) is 16.5. The Labute approximate surface area is 394 Å². The van der Waals surface area contributed by atoms with E-state index in [9.17, 15) is 0 Å². The Morgan fingerprint density at radius 1 is 0.310 bits per heavy atom. The normalized spacial score (nSPS) is 10.0. The van der Waals surface area contributed by atoms with Gasteiger partial charge in [-0.1, -0.05) is 96.5 Å². The first-order valence-corrected chi connectivity index (χ1v) is 32.1. The van der Waals surface area contributed by atoms with E-state index in [2.05, 4.69) is 206 Å². The van der Waals surface area contributed by atoms with Crippen molar-refractivity contribution in [2.75, 3.05) is 0 Å². The van der Waals surface area contributed by atoms with Gasteiger partial charge in [0, 0.05) is 0 Å². The molecule has 0 radical (unpaired) electrons. The molecule has 0 amide bonds. The maximum Gasteiger partial charge on any atom is -0.0486 e. The van der Waals surface area contributed by atoms with Crippen molar-refractivity contribution in [1.82, 2.24) is 0 Å². The molecule has 304 valence electrons. The van der Waals surface area contributed by atoms with Gasteiger partial charge in [0.1, 0.15) is 0 Å². The van der Waals surface area contributed by atoms with E-state index in [4.69, 9.17) is 0 Å². The summed E-state index contributed by atoms with van der Waals surface area (Å²) < 4.78 is 0. The first-order chi connectivity index (χ1) is 26.1. The second-order valence-corrected chi connectivity index (χ2v) is 35.2. The van der Waals surface area contributed by atoms with Crippen LogP contribution in [0.1, 0.15) is 66.8 Å². The molecule has 0 aliphatic rings. The zero-order valence-electron chi connectivity index (χ0n) is 38.0. The molecule has 0 saturated heterocycles. The zero-order chi connectivity index (χ0) is 42.0. The quantitative estimate of drug-likeness (QED) is 0.105. The van der Waals surface area contributed by atoms with Crippen LogP contribution < -0.4 is 24.8 Å². The van der Waals surface area contributed by atoms with Crippen LogP contribution in [0.25, 0.3) is 43.1 Å². The van der Waals surface area contributed by atoms with Crippen molar-refractivity contribution < 1.29 is 71.5 Å². The molecule has 58 heavy (non-hydrogen) atoms. The van der Waals surface area contributed by atoms with Gasteiger partial charge >= 0.3 is 83.7 Å². The Bertz CT molecular complexity index is 2230. The summed E-state index contributed by atoms with van der Waals surface area (Å²) in [5.74, 6) is 0. The molecule has 0 nitrogen and oxygen atoms in total. The predicted molar refractivity (Wildman–Crippen MR) is 250 cm³/mol. The van der Waals surface area contributed by atoms with Gasteiger partial charge in [-0.2, -0.15) is 24.3 Å². The average Bonchev–Trinajstić information content (AvgIpc) is 3.82. The predicted octanol–water partition coefficient (Wildman–Crippen LogP) is 9.51. The fraction of sp³-hybridized carbons (Fsp3) is 0.308. The number of fused-ring (bicyclic) bond motifs is 4. The van der Waals surface area contributed by atoms with Crippen LogP contribution in [0.5, 0.6) is 0 Å². The Morgan fingerprint density at radius 2 is 0.466 bits per heavy atom. The third kappa shape index (κ3) is 17.2. The molecule has 0 aliphatic carbocycles. The molecule has 0 bridgehead atoms. The van der Waals surface area contributed by atoms with E-state index in [1.54, 1.807) is 46.7 Å². The van der Waals surface area contributed by atoms with Gasteiger partial charge in [-0.15, -0.1) is 114 Å². The fourth-order valence-corrected chi connectivity index (χ4v) is 7.37. The molecule has 0 saturated carbocycles. The van der Waals surface area contributed by atoms with Crippen LogP contribution >= 0.6 is 0 Å². The molecular formula is C52H64Cl2Si2Zr2-2. The summed E-state index contributed by atoms with van der Waals surface area (Å²) in [6.45, 7) is 35.1. The number of halogens is 2. The zero-order valence-corrected chi connectivity index (χ0v) is 46.4. The summed E-state index contributed by atoms with van der Waals surface area (Å²) in [5, 5.41) is 11.1. The van der Waals surface area contributed by atoms with Crippen molar-refractivity contribution in [3.05, 3.63) is 164 Å². The van der Waals surface area contributed by atoms with E-state index in [0.717, 1.165) is 0 Å². The van der Waals surface area contributed by atoms with E-state index in [0.29, 0.717) is 0 Å². The molecule has 0 fully saturated rings. The van der Waals surface area contributed by atoms with E-state index in [-0.39, 0.29) is 35.7 Å². The first-order valence-electron chi connectivity index (χ1n) is 19.7. The summed E-state index contributed by atoms with van der Waals surface area (Å²) in [6.07, 6.45) is 0. The molecule has 0 heterocycles. The molecule has 0 unspecified atom stereocenters. The minimum Gasteiger partial charge on any atom is -1.00 e. The maximum atomic E-state index is 2.31. The van der Waals surface area contributed by atoms with E-state index in [1.165, 1.54) is 110 Å².